The highest BCUT2D eigenvalue weighted by molar-refractivity contribution is 14.0. The molecule has 1 aliphatic carbocycles. The summed E-state index contributed by atoms with van der Waals surface area (Å²) >= 11 is 0. The Bertz CT molecular complexity index is 623. The van der Waals surface area contributed by atoms with Gasteiger partial charge in [0.25, 0.3) is 5.91 Å². The van der Waals surface area contributed by atoms with E-state index in [1.54, 1.807) is 18.4 Å². The Morgan fingerprint density at radius 1 is 1.25 bits per heavy atom. The lowest BCUT2D eigenvalue weighted by Crippen LogP contribution is -2.53. The van der Waals surface area contributed by atoms with E-state index in [1.807, 2.05) is 11.8 Å². The van der Waals surface area contributed by atoms with Crippen molar-refractivity contribution in [1.29, 1.82) is 0 Å². The van der Waals surface area contributed by atoms with Gasteiger partial charge in [-0.15, -0.1) is 24.0 Å². The van der Waals surface area contributed by atoms with E-state index in [9.17, 15) is 4.79 Å². The molecule has 2 aliphatic rings. The minimum absolute atomic E-state index is 0. The summed E-state index contributed by atoms with van der Waals surface area (Å²) in [5.41, 5.74) is 0.340. The second kappa shape index (κ2) is 11.0. The molecule has 1 aromatic rings. The fourth-order valence-electron chi connectivity index (χ4n) is 3.44. The van der Waals surface area contributed by atoms with Crippen LogP contribution in [0.3, 0.4) is 0 Å². The number of nitrogens with one attached hydrogen (secondary N) is 1. The van der Waals surface area contributed by atoms with Gasteiger partial charge in [-0.25, -0.2) is 0 Å². The number of piperazine rings is 1. The molecule has 1 saturated carbocycles. The maximum atomic E-state index is 12.4. The number of halogens is 1. The van der Waals surface area contributed by atoms with Gasteiger partial charge in [0, 0.05) is 52.5 Å². The molecule has 2 heterocycles. The molecule has 1 saturated heterocycles. The number of ether oxygens (including phenoxy) is 1. The molecule has 1 N–H and O–H groups in total. The monoisotopic (exact) mass is 504 g/mol. The first kappa shape index (κ1) is 23.0. The number of rotatable bonds is 8. The van der Waals surface area contributed by atoms with Gasteiger partial charge in [0.15, 0.2) is 11.7 Å². The van der Waals surface area contributed by atoms with Crippen molar-refractivity contribution in [2.75, 3.05) is 52.5 Å². The summed E-state index contributed by atoms with van der Waals surface area (Å²) in [5, 5.41) is 3.41. The van der Waals surface area contributed by atoms with Gasteiger partial charge in [-0.05, 0) is 50.7 Å². The summed E-state index contributed by atoms with van der Waals surface area (Å²) in [6.07, 6.45) is 5.12. The van der Waals surface area contributed by atoms with Crippen molar-refractivity contribution in [2.45, 2.75) is 33.1 Å². The van der Waals surface area contributed by atoms with Crippen LogP contribution in [-0.2, 0) is 4.74 Å². The number of furan rings is 1. The zero-order valence-corrected chi connectivity index (χ0v) is 19.3. The number of guanidine groups is 1. The highest BCUT2D eigenvalue weighted by Crippen LogP contribution is 2.49. The zero-order valence-electron chi connectivity index (χ0n) is 17.0. The molecule has 1 amide bonds. The van der Waals surface area contributed by atoms with Crippen molar-refractivity contribution in [3.05, 3.63) is 24.2 Å². The maximum absolute atomic E-state index is 12.4. The standard InChI is InChI=1S/C20H32N4O3.HI/c1-3-21-19(22-16-20(7-8-20)9-15-26-4-2)24-12-10-23(11-13-24)18(25)17-6-5-14-27-17;/h5-6,14H,3-4,7-13,15-16H2,1-2H3,(H,21,22);1H. The van der Waals surface area contributed by atoms with E-state index in [1.165, 1.54) is 12.8 Å². The molecule has 0 spiro atoms. The van der Waals surface area contributed by atoms with E-state index in [4.69, 9.17) is 14.1 Å². The largest absolute Gasteiger partial charge is 0.459 e. The fourth-order valence-corrected chi connectivity index (χ4v) is 3.44. The third-order valence-corrected chi connectivity index (χ3v) is 5.44. The van der Waals surface area contributed by atoms with Gasteiger partial charge >= 0.3 is 0 Å². The van der Waals surface area contributed by atoms with Gasteiger partial charge < -0.3 is 24.3 Å². The molecular formula is C20H33IN4O3. The molecule has 8 heteroatoms. The third-order valence-electron chi connectivity index (χ3n) is 5.44. The first-order valence-electron chi connectivity index (χ1n) is 10.1. The summed E-state index contributed by atoms with van der Waals surface area (Å²) in [7, 11) is 0. The topological polar surface area (TPSA) is 70.3 Å². The van der Waals surface area contributed by atoms with E-state index < -0.39 is 0 Å². The van der Waals surface area contributed by atoms with Crippen molar-refractivity contribution < 1.29 is 13.9 Å². The SMILES string of the molecule is CCNC(=NCC1(CCOCC)CC1)N1CCN(C(=O)c2ccco2)CC1.I. The lowest BCUT2D eigenvalue weighted by molar-refractivity contribution is 0.0657. The molecule has 1 aliphatic heterocycles. The molecular weight excluding hydrogens is 471 g/mol. The van der Waals surface area contributed by atoms with Crippen LogP contribution >= 0.6 is 24.0 Å². The van der Waals surface area contributed by atoms with E-state index in [-0.39, 0.29) is 29.9 Å². The van der Waals surface area contributed by atoms with Crippen LogP contribution in [-0.4, -0.2) is 74.1 Å². The van der Waals surface area contributed by atoms with Crippen molar-refractivity contribution in [3.8, 4) is 0 Å². The lowest BCUT2D eigenvalue weighted by atomic mass is 10.0. The van der Waals surface area contributed by atoms with E-state index in [2.05, 4.69) is 17.1 Å². The number of hydrogen-bond donors (Lipinski definition) is 1. The van der Waals surface area contributed by atoms with Crippen LogP contribution < -0.4 is 5.32 Å². The Kier molecular flexibility index (Phi) is 9.07. The van der Waals surface area contributed by atoms with Crippen LogP contribution in [0.15, 0.2) is 27.8 Å². The average Bonchev–Trinajstić information content (AvgIpc) is 3.24. The van der Waals surface area contributed by atoms with Crippen molar-refractivity contribution in [1.82, 2.24) is 15.1 Å². The number of nitrogens with zero attached hydrogens (tertiary/aromatic N) is 3. The fraction of sp³-hybridized carbons (Fsp3) is 0.700. The molecule has 0 aromatic carbocycles. The molecule has 0 unspecified atom stereocenters. The van der Waals surface area contributed by atoms with Crippen LogP contribution in [0, 0.1) is 5.41 Å². The molecule has 2 fully saturated rings. The molecule has 1 aromatic heterocycles. The van der Waals surface area contributed by atoms with Gasteiger partial charge in [0.1, 0.15) is 0 Å². The van der Waals surface area contributed by atoms with Crippen LogP contribution in [0.25, 0.3) is 0 Å². The first-order valence-corrected chi connectivity index (χ1v) is 10.1. The Labute approximate surface area is 184 Å². The van der Waals surface area contributed by atoms with E-state index in [0.29, 0.717) is 24.3 Å². The Morgan fingerprint density at radius 2 is 1.96 bits per heavy atom. The van der Waals surface area contributed by atoms with Gasteiger partial charge in [-0.1, -0.05) is 0 Å². The predicted octanol–water partition coefficient (Wildman–Crippen LogP) is 2.83. The summed E-state index contributed by atoms with van der Waals surface area (Å²) in [6.45, 7) is 10.4. The minimum atomic E-state index is -0.0329. The zero-order chi connectivity index (χ0) is 19.1. The van der Waals surface area contributed by atoms with Crippen LogP contribution in [0.2, 0.25) is 0 Å². The number of carbonyl (C=O) groups is 1. The van der Waals surface area contributed by atoms with Gasteiger partial charge in [-0.3, -0.25) is 9.79 Å². The molecule has 3 rings (SSSR count). The minimum Gasteiger partial charge on any atom is -0.459 e. The number of amides is 1. The quantitative estimate of drug-likeness (QED) is 0.255. The van der Waals surface area contributed by atoms with Crippen LogP contribution in [0.5, 0.6) is 0 Å². The number of aliphatic imine (C=N–C) groups is 1. The average molecular weight is 504 g/mol. The van der Waals surface area contributed by atoms with E-state index in [0.717, 1.165) is 51.8 Å². The number of carbonyl (C=O) groups excluding carboxylic acids is 1. The Balaban J connectivity index is 0.00000280. The van der Waals surface area contributed by atoms with Crippen molar-refractivity contribution >= 4 is 35.8 Å². The second-order valence-electron chi connectivity index (χ2n) is 7.37. The predicted molar refractivity (Wildman–Crippen MR) is 120 cm³/mol. The highest BCUT2D eigenvalue weighted by Gasteiger charge is 2.42. The van der Waals surface area contributed by atoms with Crippen molar-refractivity contribution in [2.24, 2.45) is 10.4 Å². The van der Waals surface area contributed by atoms with Gasteiger partial charge in [0.2, 0.25) is 0 Å². The van der Waals surface area contributed by atoms with Crippen molar-refractivity contribution in [3.63, 3.8) is 0 Å². The molecule has 158 valence electrons. The second-order valence-corrected chi connectivity index (χ2v) is 7.37. The van der Waals surface area contributed by atoms with Gasteiger partial charge in [0.05, 0.1) is 6.26 Å². The molecule has 7 nitrogen and oxygen atoms in total. The normalized spacial score (nSPS) is 18.6. The molecule has 0 atom stereocenters. The van der Waals surface area contributed by atoms with Gasteiger partial charge in [-0.2, -0.15) is 0 Å². The van der Waals surface area contributed by atoms with Crippen LogP contribution in [0.1, 0.15) is 43.7 Å². The summed E-state index contributed by atoms with van der Waals surface area (Å²) in [4.78, 5) is 21.4. The molecule has 28 heavy (non-hydrogen) atoms. The summed E-state index contributed by atoms with van der Waals surface area (Å²) in [6, 6.07) is 3.47. The first-order chi connectivity index (χ1) is 13.2. The number of hydrogen-bond acceptors (Lipinski definition) is 4. The Morgan fingerprint density at radius 3 is 2.54 bits per heavy atom. The highest BCUT2D eigenvalue weighted by atomic mass is 127. The lowest BCUT2D eigenvalue weighted by Gasteiger charge is -2.36. The molecule has 0 bridgehead atoms. The third kappa shape index (κ3) is 6.10. The summed E-state index contributed by atoms with van der Waals surface area (Å²) < 4.78 is 10.8. The summed E-state index contributed by atoms with van der Waals surface area (Å²) in [5.74, 6) is 1.34. The van der Waals surface area contributed by atoms with Crippen LogP contribution in [0.4, 0.5) is 0 Å². The molecule has 0 radical (unpaired) electrons. The smallest absolute Gasteiger partial charge is 0.289 e. The van der Waals surface area contributed by atoms with E-state index >= 15 is 0 Å². The maximum Gasteiger partial charge on any atom is 0.289 e. The Hall–Kier alpha value is -1.29.